The Morgan fingerprint density at radius 3 is 2.86 bits per heavy atom. The molecule has 0 spiro atoms. The standard InChI is InChI=1S/C16H18N4O/c21-16-12-10-14(19-13(12)4-6-18-16)11-3-5-17-15(9-11)20-7-1-2-8-20/h3,5,9-10,19H,1-2,4,6-8H2,(H,18,21). The molecule has 2 N–H and O–H groups in total. The number of aromatic amines is 1. The molecule has 21 heavy (non-hydrogen) atoms. The Kier molecular flexibility index (Phi) is 2.91. The number of H-pyrrole nitrogens is 1. The molecule has 0 aromatic carbocycles. The highest BCUT2D eigenvalue weighted by atomic mass is 16.1. The van der Waals surface area contributed by atoms with Crippen molar-refractivity contribution < 1.29 is 4.79 Å². The van der Waals surface area contributed by atoms with E-state index in [0.717, 1.165) is 47.8 Å². The molecule has 2 aromatic heterocycles. The number of carbonyl (C=O) groups excluding carboxylic acids is 1. The topological polar surface area (TPSA) is 61.0 Å². The zero-order valence-corrected chi connectivity index (χ0v) is 11.9. The van der Waals surface area contributed by atoms with Crippen molar-refractivity contribution in [2.75, 3.05) is 24.5 Å². The summed E-state index contributed by atoms with van der Waals surface area (Å²) in [6.07, 6.45) is 5.19. The minimum atomic E-state index is 0.0209. The smallest absolute Gasteiger partial charge is 0.253 e. The van der Waals surface area contributed by atoms with Crippen LogP contribution in [0, 0.1) is 0 Å². The molecule has 0 unspecified atom stereocenters. The zero-order valence-electron chi connectivity index (χ0n) is 11.9. The highest BCUT2D eigenvalue weighted by Crippen LogP contribution is 2.27. The van der Waals surface area contributed by atoms with Crippen molar-refractivity contribution in [3.8, 4) is 11.3 Å². The maximum Gasteiger partial charge on any atom is 0.253 e. The van der Waals surface area contributed by atoms with Crippen LogP contribution < -0.4 is 10.2 Å². The molecule has 1 fully saturated rings. The molecular weight excluding hydrogens is 264 g/mol. The molecule has 108 valence electrons. The average Bonchev–Trinajstić information content (AvgIpc) is 3.18. The van der Waals surface area contributed by atoms with Gasteiger partial charge in [-0.1, -0.05) is 0 Å². The van der Waals surface area contributed by atoms with Gasteiger partial charge in [-0.2, -0.15) is 0 Å². The van der Waals surface area contributed by atoms with Gasteiger partial charge in [0.05, 0.1) is 5.56 Å². The first kappa shape index (κ1) is 12.4. The lowest BCUT2D eigenvalue weighted by Crippen LogP contribution is -2.31. The molecule has 0 saturated carbocycles. The number of aromatic nitrogens is 2. The molecule has 2 aliphatic heterocycles. The minimum Gasteiger partial charge on any atom is -0.358 e. The van der Waals surface area contributed by atoms with Crippen LogP contribution in [0.4, 0.5) is 5.82 Å². The second-order valence-electron chi connectivity index (χ2n) is 5.68. The number of carbonyl (C=O) groups is 1. The van der Waals surface area contributed by atoms with Crippen LogP contribution in [0.25, 0.3) is 11.3 Å². The summed E-state index contributed by atoms with van der Waals surface area (Å²) in [5.41, 5.74) is 3.90. The van der Waals surface area contributed by atoms with E-state index in [2.05, 4.69) is 26.3 Å². The number of nitrogens with zero attached hydrogens (tertiary/aromatic N) is 2. The molecule has 0 bridgehead atoms. The fourth-order valence-corrected chi connectivity index (χ4v) is 3.15. The number of hydrogen-bond acceptors (Lipinski definition) is 3. The van der Waals surface area contributed by atoms with Gasteiger partial charge >= 0.3 is 0 Å². The normalized spacial score (nSPS) is 17.7. The van der Waals surface area contributed by atoms with Gasteiger partial charge in [0.1, 0.15) is 5.82 Å². The molecule has 2 aromatic rings. The van der Waals surface area contributed by atoms with Gasteiger partial charge in [-0.15, -0.1) is 0 Å². The number of amides is 1. The lowest BCUT2D eigenvalue weighted by atomic mass is 10.1. The minimum absolute atomic E-state index is 0.0209. The van der Waals surface area contributed by atoms with Gasteiger partial charge < -0.3 is 15.2 Å². The lowest BCUT2D eigenvalue weighted by Gasteiger charge is -2.16. The average molecular weight is 282 g/mol. The van der Waals surface area contributed by atoms with Crippen LogP contribution in [0.1, 0.15) is 28.9 Å². The van der Waals surface area contributed by atoms with Crippen molar-refractivity contribution >= 4 is 11.7 Å². The fourth-order valence-electron chi connectivity index (χ4n) is 3.15. The summed E-state index contributed by atoms with van der Waals surface area (Å²) in [5.74, 6) is 1.05. The summed E-state index contributed by atoms with van der Waals surface area (Å²) >= 11 is 0. The summed E-state index contributed by atoms with van der Waals surface area (Å²) in [5, 5.41) is 2.88. The number of nitrogens with one attached hydrogen (secondary N) is 2. The first-order valence-electron chi connectivity index (χ1n) is 7.53. The van der Waals surface area contributed by atoms with Crippen LogP contribution >= 0.6 is 0 Å². The number of anilines is 1. The summed E-state index contributed by atoms with van der Waals surface area (Å²) in [6, 6.07) is 6.06. The number of rotatable bonds is 2. The quantitative estimate of drug-likeness (QED) is 0.885. The molecule has 2 aliphatic rings. The van der Waals surface area contributed by atoms with Gasteiger partial charge in [0, 0.05) is 49.2 Å². The van der Waals surface area contributed by atoms with Gasteiger partial charge in [0.25, 0.3) is 5.91 Å². The summed E-state index contributed by atoms with van der Waals surface area (Å²) < 4.78 is 0. The third kappa shape index (κ3) is 2.18. The van der Waals surface area contributed by atoms with E-state index >= 15 is 0 Å². The van der Waals surface area contributed by atoms with E-state index in [1.807, 2.05) is 18.3 Å². The Morgan fingerprint density at radius 2 is 2.05 bits per heavy atom. The van der Waals surface area contributed by atoms with Crippen LogP contribution in [0.15, 0.2) is 24.4 Å². The Balaban J connectivity index is 1.70. The molecule has 1 saturated heterocycles. The van der Waals surface area contributed by atoms with Gasteiger partial charge in [0.2, 0.25) is 0 Å². The predicted octanol–water partition coefficient (Wildman–Crippen LogP) is 1.96. The van der Waals surface area contributed by atoms with Crippen LogP contribution in [0.5, 0.6) is 0 Å². The Hall–Kier alpha value is -2.30. The molecular formula is C16H18N4O. The maximum atomic E-state index is 11.9. The van der Waals surface area contributed by atoms with E-state index < -0.39 is 0 Å². The SMILES string of the molecule is O=C1NCCc2[nH]c(-c3ccnc(N4CCCC4)c3)cc21. The van der Waals surface area contributed by atoms with Crippen LogP contribution in [0.3, 0.4) is 0 Å². The number of fused-ring (bicyclic) bond motifs is 1. The summed E-state index contributed by atoms with van der Waals surface area (Å²) in [6.45, 7) is 2.88. The highest BCUT2D eigenvalue weighted by molar-refractivity contribution is 5.97. The van der Waals surface area contributed by atoms with Crippen molar-refractivity contribution in [3.05, 3.63) is 35.7 Å². The van der Waals surface area contributed by atoms with Gasteiger partial charge in [-0.05, 0) is 31.0 Å². The summed E-state index contributed by atoms with van der Waals surface area (Å²) in [4.78, 5) is 22.0. The molecule has 1 amide bonds. The first-order valence-corrected chi connectivity index (χ1v) is 7.53. The van der Waals surface area contributed by atoms with Gasteiger partial charge in [0.15, 0.2) is 0 Å². The van der Waals surface area contributed by atoms with E-state index in [1.165, 1.54) is 12.8 Å². The van der Waals surface area contributed by atoms with E-state index in [4.69, 9.17) is 0 Å². The third-order valence-electron chi connectivity index (χ3n) is 4.29. The molecule has 5 heteroatoms. The Labute approximate surface area is 123 Å². The molecule has 5 nitrogen and oxygen atoms in total. The largest absolute Gasteiger partial charge is 0.358 e. The van der Waals surface area contributed by atoms with Gasteiger partial charge in [-0.25, -0.2) is 4.98 Å². The van der Waals surface area contributed by atoms with E-state index in [9.17, 15) is 4.79 Å². The molecule has 0 aliphatic carbocycles. The van der Waals surface area contributed by atoms with Crippen molar-refractivity contribution in [3.63, 3.8) is 0 Å². The second-order valence-corrected chi connectivity index (χ2v) is 5.68. The van der Waals surface area contributed by atoms with Crippen molar-refractivity contribution in [1.29, 1.82) is 0 Å². The van der Waals surface area contributed by atoms with E-state index in [1.54, 1.807) is 0 Å². The first-order chi connectivity index (χ1) is 10.3. The van der Waals surface area contributed by atoms with Crippen molar-refractivity contribution in [1.82, 2.24) is 15.3 Å². The predicted molar refractivity (Wildman–Crippen MR) is 81.5 cm³/mol. The number of hydrogen-bond donors (Lipinski definition) is 2. The molecule has 4 rings (SSSR count). The highest BCUT2D eigenvalue weighted by Gasteiger charge is 2.20. The van der Waals surface area contributed by atoms with Gasteiger partial charge in [-0.3, -0.25) is 4.79 Å². The zero-order chi connectivity index (χ0) is 14.2. The Morgan fingerprint density at radius 1 is 1.19 bits per heavy atom. The molecule has 0 atom stereocenters. The maximum absolute atomic E-state index is 11.9. The Bertz CT molecular complexity index is 685. The lowest BCUT2D eigenvalue weighted by molar-refractivity contribution is 0.0946. The number of pyridine rings is 1. The second kappa shape index (κ2) is 4.91. The van der Waals surface area contributed by atoms with Crippen LogP contribution in [0.2, 0.25) is 0 Å². The molecule has 0 radical (unpaired) electrons. The van der Waals surface area contributed by atoms with Crippen molar-refractivity contribution in [2.24, 2.45) is 0 Å². The van der Waals surface area contributed by atoms with E-state index in [0.29, 0.717) is 6.54 Å². The molecule has 4 heterocycles. The van der Waals surface area contributed by atoms with Crippen molar-refractivity contribution in [2.45, 2.75) is 19.3 Å². The summed E-state index contributed by atoms with van der Waals surface area (Å²) in [7, 11) is 0. The third-order valence-corrected chi connectivity index (χ3v) is 4.29. The monoisotopic (exact) mass is 282 g/mol. The van der Waals surface area contributed by atoms with Crippen LogP contribution in [-0.2, 0) is 6.42 Å². The van der Waals surface area contributed by atoms with E-state index in [-0.39, 0.29) is 5.91 Å². The van der Waals surface area contributed by atoms with Crippen LogP contribution in [-0.4, -0.2) is 35.5 Å². The fraction of sp³-hybridized carbons (Fsp3) is 0.375.